The number of carboxylic acid groups (broad SMARTS) is 1. The fourth-order valence-electron chi connectivity index (χ4n) is 4.10. The number of hydrogen-bond acceptors (Lipinski definition) is 13. The van der Waals surface area contributed by atoms with Crippen molar-refractivity contribution >= 4 is 44.6 Å². The van der Waals surface area contributed by atoms with E-state index in [1.54, 1.807) is 36.4 Å². The monoisotopic (exact) mass is 654 g/mol. The SMILES string of the molecule is O=C1C=CC(S(=O)(=O)O)=CC1=NN=c1ccc(=O)c(=NNc2ccc(-c3ccc(NNc4ccc(O)c(C(=O)O)c4)cc3)cc2)c1=O. The van der Waals surface area contributed by atoms with Gasteiger partial charge in [0.2, 0.25) is 16.6 Å². The van der Waals surface area contributed by atoms with Gasteiger partial charge in [-0.15, -0.1) is 10.2 Å². The first kappa shape index (κ1) is 31.9. The first-order valence-corrected chi connectivity index (χ1v) is 14.8. The van der Waals surface area contributed by atoms with Crippen molar-refractivity contribution in [3.63, 3.8) is 0 Å². The number of rotatable bonds is 9. The van der Waals surface area contributed by atoms with Gasteiger partial charge in [0.15, 0.2) is 5.36 Å². The van der Waals surface area contributed by atoms with E-state index >= 15 is 0 Å². The van der Waals surface area contributed by atoms with E-state index in [0.717, 1.165) is 41.5 Å². The van der Waals surface area contributed by atoms with Crippen LogP contribution in [0.5, 0.6) is 5.75 Å². The Balaban J connectivity index is 1.28. The number of carbonyl (C=O) groups is 2. The summed E-state index contributed by atoms with van der Waals surface area (Å²) in [5.41, 5.74) is 9.47. The zero-order valence-corrected chi connectivity index (χ0v) is 24.6. The minimum Gasteiger partial charge on any atom is -0.507 e. The number of aromatic carboxylic acids is 1. The van der Waals surface area contributed by atoms with Crippen LogP contribution in [-0.2, 0) is 14.9 Å². The van der Waals surface area contributed by atoms with Crippen molar-refractivity contribution in [1.82, 2.24) is 0 Å². The Hall–Kier alpha value is -6.52. The van der Waals surface area contributed by atoms with Crippen LogP contribution < -0.4 is 37.8 Å². The molecule has 0 amide bonds. The topological polar surface area (TPSA) is 236 Å². The van der Waals surface area contributed by atoms with Crippen LogP contribution in [0.2, 0.25) is 0 Å². The lowest BCUT2D eigenvalue weighted by Gasteiger charge is -2.12. The second-order valence-electron chi connectivity index (χ2n) is 9.73. The molecule has 4 aromatic rings. The van der Waals surface area contributed by atoms with Crippen molar-refractivity contribution in [3.05, 3.63) is 139 Å². The van der Waals surface area contributed by atoms with Gasteiger partial charge in [0.05, 0.1) is 22.0 Å². The lowest BCUT2D eigenvalue weighted by atomic mass is 10.1. The first-order valence-electron chi connectivity index (χ1n) is 13.4. The Morgan fingerprint density at radius 2 is 1.36 bits per heavy atom. The van der Waals surface area contributed by atoms with E-state index in [4.69, 9.17) is 5.11 Å². The van der Waals surface area contributed by atoms with Crippen molar-refractivity contribution in [3.8, 4) is 16.9 Å². The van der Waals surface area contributed by atoms with E-state index in [0.29, 0.717) is 17.1 Å². The van der Waals surface area contributed by atoms with Gasteiger partial charge >= 0.3 is 5.97 Å². The van der Waals surface area contributed by atoms with Crippen LogP contribution in [0.1, 0.15) is 10.4 Å². The fourth-order valence-corrected chi connectivity index (χ4v) is 4.60. The maximum absolute atomic E-state index is 12.8. The summed E-state index contributed by atoms with van der Waals surface area (Å²) in [4.78, 5) is 47.8. The molecule has 0 aromatic heterocycles. The molecule has 236 valence electrons. The third-order valence-corrected chi connectivity index (χ3v) is 7.40. The van der Waals surface area contributed by atoms with E-state index in [2.05, 4.69) is 31.6 Å². The molecule has 0 aliphatic heterocycles. The van der Waals surface area contributed by atoms with Gasteiger partial charge in [0, 0.05) is 0 Å². The molecule has 0 saturated heterocycles. The lowest BCUT2D eigenvalue weighted by Crippen LogP contribution is -2.47. The summed E-state index contributed by atoms with van der Waals surface area (Å²) in [6.07, 6.45) is 2.57. The predicted octanol–water partition coefficient (Wildman–Crippen LogP) is 1.89. The summed E-state index contributed by atoms with van der Waals surface area (Å²) in [6.45, 7) is 0. The molecule has 1 aliphatic rings. The highest BCUT2D eigenvalue weighted by Crippen LogP contribution is 2.24. The lowest BCUT2D eigenvalue weighted by molar-refractivity contribution is -0.108. The molecule has 0 unspecified atom stereocenters. The van der Waals surface area contributed by atoms with Crippen molar-refractivity contribution in [1.29, 1.82) is 0 Å². The molecule has 6 N–H and O–H groups in total. The maximum Gasteiger partial charge on any atom is 0.339 e. The molecule has 1 aliphatic carbocycles. The number of aromatic hydroxyl groups is 1. The van der Waals surface area contributed by atoms with E-state index in [-0.39, 0.29) is 16.7 Å². The molecule has 5 rings (SSSR count). The average Bonchev–Trinajstić information content (AvgIpc) is 3.04. The van der Waals surface area contributed by atoms with Crippen LogP contribution >= 0.6 is 0 Å². The van der Waals surface area contributed by atoms with Gasteiger partial charge in [-0.3, -0.25) is 24.4 Å². The molecular formula is C31H22N6O9S. The molecule has 47 heavy (non-hydrogen) atoms. The largest absolute Gasteiger partial charge is 0.507 e. The van der Waals surface area contributed by atoms with Crippen LogP contribution in [0.15, 0.2) is 127 Å². The van der Waals surface area contributed by atoms with Crippen LogP contribution in [0.4, 0.5) is 17.1 Å². The molecule has 0 heterocycles. The number of hydrazine groups is 1. The van der Waals surface area contributed by atoms with Gasteiger partial charge in [0.25, 0.3) is 10.1 Å². The summed E-state index contributed by atoms with van der Waals surface area (Å²) in [5, 5.41) is 29.2. The number of nitrogens with one attached hydrogen (secondary N) is 3. The van der Waals surface area contributed by atoms with Gasteiger partial charge in [0.1, 0.15) is 22.4 Å². The maximum atomic E-state index is 12.8. The normalized spacial score (nSPS) is 14.6. The molecule has 15 nitrogen and oxygen atoms in total. The summed E-state index contributed by atoms with van der Waals surface area (Å²) >= 11 is 0. The molecule has 4 aromatic carbocycles. The fraction of sp³-hybridized carbons (Fsp3) is 0. The number of anilines is 3. The highest BCUT2D eigenvalue weighted by molar-refractivity contribution is 7.90. The standard InChI is InChI=1S/C31H22N6O9S/c38-26-12-9-21(15-23(26)31(42)43)34-32-19-5-1-17(2-6-19)18-3-7-20(8-4-18)33-37-29-28(40)14-11-24(30(29)41)35-36-25-16-22(47(44,45)46)10-13-27(25)39/h1-16,32-34,38H,(H,42,43)(H,44,45,46). The Bertz CT molecular complexity index is 2340. The number of phenols is 1. The highest BCUT2D eigenvalue weighted by atomic mass is 32.2. The second-order valence-corrected chi connectivity index (χ2v) is 11.2. The van der Waals surface area contributed by atoms with Crippen molar-refractivity contribution < 1.29 is 32.8 Å². The number of allylic oxidation sites excluding steroid dienone is 3. The van der Waals surface area contributed by atoms with Gasteiger partial charge in [-0.2, -0.15) is 13.5 Å². The van der Waals surface area contributed by atoms with E-state index in [9.17, 15) is 37.3 Å². The molecule has 0 spiro atoms. The third kappa shape index (κ3) is 7.59. The number of carbonyl (C=O) groups excluding carboxylic acids is 1. The van der Waals surface area contributed by atoms with E-state index < -0.39 is 48.7 Å². The van der Waals surface area contributed by atoms with Crippen molar-refractivity contribution in [2.75, 3.05) is 16.3 Å². The zero-order valence-electron chi connectivity index (χ0n) is 23.8. The summed E-state index contributed by atoms with van der Waals surface area (Å²) < 4.78 is 31.9. The number of hydrogen-bond donors (Lipinski definition) is 6. The second kappa shape index (κ2) is 13.2. The van der Waals surface area contributed by atoms with Crippen molar-refractivity contribution in [2.45, 2.75) is 0 Å². The average molecular weight is 655 g/mol. The minimum atomic E-state index is -4.61. The van der Waals surface area contributed by atoms with E-state index in [1.165, 1.54) is 18.2 Å². The number of carboxylic acids is 1. The quantitative estimate of drug-likeness (QED) is 0.0657. The third-order valence-electron chi connectivity index (χ3n) is 6.55. The molecule has 16 heteroatoms. The van der Waals surface area contributed by atoms with Crippen molar-refractivity contribution in [2.24, 2.45) is 15.3 Å². The molecule has 0 radical (unpaired) electrons. The van der Waals surface area contributed by atoms with E-state index in [1.807, 2.05) is 12.1 Å². The Morgan fingerprint density at radius 3 is 2.00 bits per heavy atom. The summed E-state index contributed by atoms with van der Waals surface area (Å²) in [6, 6.07) is 20.4. The molecule has 0 bridgehead atoms. The smallest absolute Gasteiger partial charge is 0.339 e. The molecule has 0 atom stereocenters. The predicted molar refractivity (Wildman–Crippen MR) is 172 cm³/mol. The Kier molecular flexibility index (Phi) is 8.97. The summed E-state index contributed by atoms with van der Waals surface area (Å²) in [7, 11) is -4.61. The number of benzene rings is 4. The Labute approximate surface area is 264 Å². The van der Waals surface area contributed by atoms with Crippen LogP contribution in [0, 0.1) is 0 Å². The number of ketones is 1. The number of nitrogens with zero attached hydrogens (tertiary/aromatic N) is 3. The zero-order chi connectivity index (χ0) is 33.7. The van der Waals surface area contributed by atoms with Gasteiger partial charge in [-0.1, -0.05) is 24.3 Å². The van der Waals surface area contributed by atoms with Gasteiger partial charge in [-0.05, 0) is 84.0 Å². The van der Waals surface area contributed by atoms with Gasteiger partial charge in [-0.25, -0.2) is 4.79 Å². The van der Waals surface area contributed by atoms with Crippen LogP contribution in [0.25, 0.3) is 11.1 Å². The Morgan fingerprint density at radius 1 is 0.745 bits per heavy atom. The molecule has 0 fully saturated rings. The molecule has 0 saturated carbocycles. The summed E-state index contributed by atoms with van der Waals surface area (Å²) in [5.74, 6) is -2.31. The highest BCUT2D eigenvalue weighted by Gasteiger charge is 2.19. The van der Waals surface area contributed by atoms with Crippen LogP contribution in [0.3, 0.4) is 0 Å². The van der Waals surface area contributed by atoms with Crippen LogP contribution in [-0.4, -0.2) is 40.6 Å². The van der Waals surface area contributed by atoms with Gasteiger partial charge < -0.3 is 21.1 Å². The minimum absolute atomic E-state index is 0.236. The molecular weight excluding hydrogens is 632 g/mol. The first-order chi connectivity index (χ1) is 22.4.